The number of thioether (sulfide) groups is 1. The van der Waals surface area contributed by atoms with E-state index in [0.717, 1.165) is 22.4 Å². The van der Waals surface area contributed by atoms with Gasteiger partial charge in [-0.25, -0.2) is 4.79 Å². The van der Waals surface area contributed by atoms with E-state index >= 15 is 0 Å². The molecule has 0 saturated carbocycles. The molecule has 3 aliphatic heterocycles. The van der Waals surface area contributed by atoms with Crippen molar-refractivity contribution in [2.75, 3.05) is 37.3 Å². The number of nitrogens with zero attached hydrogens (tertiary/aromatic N) is 1. The molecule has 0 bridgehead atoms. The summed E-state index contributed by atoms with van der Waals surface area (Å²) in [5.41, 5.74) is 3.00. The molecule has 0 radical (unpaired) electrons. The number of hydrogen-bond acceptors (Lipinski definition) is 9. The summed E-state index contributed by atoms with van der Waals surface area (Å²) in [6.07, 6.45) is 0. The number of rotatable bonds is 9. The van der Waals surface area contributed by atoms with Gasteiger partial charge in [-0.1, -0.05) is 43.7 Å². The summed E-state index contributed by atoms with van der Waals surface area (Å²) in [5.74, 6) is 0.792. The zero-order valence-corrected chi connectivity index (χ0v) is 28.0. The van der Waals surface area contributed by atoms with Crippen LogP contribution in [0.25, 0.3) is 0 Å². The first-order chi connectivity index (χ1) is 21.8. The zero-order valence-electron chi connectivity index (χ0n) is 27.2. The molecule has 2 saturated heterocycles. The highest BCUT2D eigenvalue weighted by atomic mass is 32.2. The number of esters is 1. The third-order valence-electron chi connectivity index (χ3n) is 8.01. The first kappa shape index (κ1) is 32.2. The number of benzene rings is 3. The first-order valence-corrected chi connectivity index (χ1v) is 16.5. The normalized spacial score (nSPS) is 21.4. The number of carbonyl (C=O) groups is 2. The Bertz CT molecular complexity index is 1570. The number of aryl methyl sites for hydroxylation is 1. The van der Waals surface area contributed by atoms with Crippen LogP contribution < -0.4 is 19.1 Å². The lowest BCUT2D eigenvalue weighted by atomic mass is 9.92. The average Bonchev–Trinajstić information content (AvgIpc) is 3.48. The van der Waals surface area contributed by atoms with Crippen LogP contribution in [0, 0.1) is 12.3 Å². The van der Waals surface area contributed by atoms with Crippen molar-refractivity contribution < 1.29 is 38.0 Å². The highest BCUT2D eigenvalue weighted by Gasteiger charge is 2.52. The minimum absolute atomic E-state index is 0.0149. The van der Waals surface area contributed by atoms with Crippen LogP contribution in [-0.4, -0.2) is 55.1 Å². The lowest BCUT2D eigenvalue weighted by Gasteiger charge is -2.49. The maximum absolute atomic E-state index is 13.9. The van der Waals surface area contributed by atoms with Crippen molar-refractivity contribution in [2.24, 2.45) is 5.41 Å². The van der Waals surface area contributed by atoms with Gasteiger partial charge in [-0.3, -0.25) is 4.79 Å². The Kier molecular flexibility index (Phi) is 8.73. The minimum atomic E-state index is -1.06. The number of β-lactam (4-membered cyclic amide) rings is 1. The second-order valence-corrected chi connectivity index (χ2v) is 14.9. The van der Waals surface area contributed by atoms with Crippen LogP contribution in [0.3, 0.4) is 0 Å². The summed E-state index contributed by atoms with van der Waals surface area (Å²) in [6, 6.07) is 21.0. The Balaban J connectivity index is 1.24. The van der Waals surface area contributed by atoms with Crippen LogP contribution in [0.1, 0.15) is 57.4 Å². The Morgan fingerprint density at radius 2 is 1.63 bits per heavy atom. The molecule has 6 rings (SSSR count). The van der Waals surface area contributed by atoms with E-state index in [1.54, 1.807) is 0 Å². The van der Waals surface area contributed by atoms with Gasteiger partial charge < -0.3 is 33.3 Å². The lowest BCUT2D eigenvalue weighted by Crippen LogP contribution is -2.58. The SMILES string of the molecule is Cc1ccc(N2C(=O)C(SCC3(c4ccc5c(c4)OCO5)OCC(C)(C)CO3)C2c2ccc(OCC(=O)OC(C)(C)C)cc2)cc1. The van der Waals surface area contributed by atoms with Crippen LogP contribution in [0.2, 0.25) is 0 Å². The number of fused-ring (bicyclic) bond motifs is 1. The molecule has 0 aliphatic carbocycles. The van der Waals surface area contributed by atoms with E-state index in [4.69, 9.17) is 28.4 Å². The second kappa shape index (κ2) is 12.5. The maximum atomic E-state index is 13.9. The number of hydrogen-bond donors (Lipinski definition) is 0. The topological polar surface area (TPSA) is 92.8 Å². The van der Waals surface area contributed by atoms with Crippen LogP contribution in [0.5, 0.6) is 17.2 Å². The smallest absolute Gasteiger partial charge is 0.344 e. The predicted octanol–water partition coefficient (Wildman–Crippen LogP) is 6.56. The van der Waals surface area contributed by atoms with Crippen molar-refractivity contribution in [1.82, 2.24) is 0 Å². The molecule has 46 heavy (non-hydrogen) atoms. The van der Waals surface area contributed by atoms with Crippen molar-refractivity contribution in [1.29, 1.82) is 0 Å². The number of amides is 1. The van der Waals surface area contributed by atoms with Crippen molar-refractivity contribution in [2.45, 2.75) is 64.2 Å². The molecule has 3 aromatic carbocycles. The predicted molar refractivity (Wildman–Crippen MR) is 175 cm³/mol. The van der Waals surface area contributed by atoms with Crippen LogP contribution in [0.4, 0.5) is 5.69 Å². The van der Waals surface area contributed by atoms with Gasteiger partial charge >= 0.3 is 5.97 Å². The fraction of sp³-hybridized carbons (Fsp3) is 0.444. The van der Waals surface area contributed by atoms with Gasteiger partial charge in [0.15, 0.2) is 18.1 Å². The molecule has 2 atom stereocenters. The van der Waals surface area contributed by atoms with Crippen molar-refractivity contribution in [3.63, 3.8) is 0 Å². The van der Waals surface area contributed by atoms with Gasteiger partial charge in [-0.2, -0.15) is 0 Å². The Labute approximate surface area is 274 Å². The molecule has 0 spiro atoms. The van der Waals surface area contributed by atoms with E-state index in [-0.39, 0.29) is 36.0 Å². The molecule has 10 heteroatoms. The van der Waals surface area contributed by atoms with Gasteiger partial charge in [0.05, 0.1) is 25.0 Å². The average molecular weight is 648 g/mol. The van der Waals surface area contributed by atoms with E-state index in [1.807, 2.05) is 99.3 Å². The van der Waals surface area contributed by atoms with Gasteiger partial charge in [-0.05, 0) is 75.7 Å². The fourth-order valence-corrected chi connectivity index (χ4v) is 7.04. The van der Waals surface area contributed by atoms with E-state index < -0.39 is 17.4 Å². The summed E-state index contributed by atoms with van der Waals surface area (Å²) in [7, 11) is 0. The van der Waals surface area contributed by atoms with E-state index in [0.29, 0.717) is 36.2 Å². The number of ether oxygens (including phenoxy) is 6. The molecule has 0 aromatic heterocycles. The molecule has 2 unspecified atom stereocenters. The molecule has 2 fully saturated rings. The van der Waals surface area contributed by atoms with Crippen molar-refractivity contribution >= 4 is 29.3 Å². The molecular weight excluding hydrogens is 606 g/mol. The molecule has 1 amide bonds. The highest BCUT2D eigenvalue weighted by molar-refractivity contribution is 8.00. The summed E-state index contributed by atoms with van der Waals surface area (Å²) in [4.78, 5) is 27.9. The van der Waals surface area contributed by atoms with Gasteiger partial charge in [0.2, 0.25) is 18.5 Å². The quantitative estimate of drug-likeness (QED) is 0.189. The molecule has 3 heterocycles. The van der Waals surface area contributed by atoms with Crippen LogP contribution >= 0.6 is 11.8 Å². The summed E-state index contributed by atoms with van der Waals surface area (Å²) in [5, 5.41) is -0.386. The van der Waals surface area contributed by atoms with E-state index in [1.165, 1.54) is 11.8 Å². The van der Waals surface area contributed by atoms with Gasteiger partial charge in [0.1, 0.15) is 16.6 Å². The van der Waals surface area contributed by atoms with Gasteiger partial charge in [0.25, 0.3) is 0 Å². The largest absolute Gasteiger partial charge is 0.482 e. The molecule has 9 nitrogen and oxygen atoms in total. The summed E-state index contributed by atoms with van der Waals surface area (Å²) in [6.45, 7) is 12.7. The molecule has 3 aromatic rings. The van der Waals surface area contributed by atoms with E-state index in [2.05, 4.69) is 13.8 Å². The first-order valence-electron chi connectivity index (χ1n) is 15.5. The third kappa shape index (κ3) is 6.84. The molecule has 0 N–H and O–H groups in total. The van der Waals surface area contributed by atoms with Crippen LogP contribution in [0.15, 0.2) is 66.7 Å². The van der Waals surface area contributed by atoms with Crippen LogP contribution in [-0.2, 0) is 29.6 Å². The molecular formula is C36H41NO8S. The van der Waals surface area contributed by atoms with Gasteiger partial charge in [0, 0.05) is 16.7 Å². The number of carbonyl (C=O) groups excluding carboxylic acids is 2. The Hall–Kier alpha value is -3.73. The van der Waals surface area contributed by atoms with Crippen molar-refractivity contribution in [3.05, 3.63) is 83.4 Å². The maximum Gasteiger partial charge on any atom is 0.344 e. The fourth-order valence-electron chi connectivity index (χ4n) is 5.59. The van der Waals surface area contributed by atoms with Crippen molar-refractivity contribution in [3.8, 4) is 17.2 Å². The Morgan fingerprint density at radius 3 is 2.30 bits per heavy atom. The third-order valence-corrected chi connectivity index (χ3v) is 9.38. The zero-order chi connectivity index (χ0) is 32.7. The van der Waals surface area contributed by atoms with Gasteiger partial charge in [-0.15, -0.1) is 11.8 Å². The summed E-state index contributed by atoms with van der Waals surface area (Å²) < 4.78 is 35.3. The minimum Gasteiger partial charge on any atom is -0.482 e. The monoisotopic (exact) mass is 647 g/mol. The van der Waals surface area contributed by atoms with E-state index in [9.17, 15) is 9.59 Å². The Morgan fingerprint density at radius 1 is 0.957 bits per heavy atom. The second-order valence-electron chi connectivity index (χ2n) is 13.7. The summed E-state index contributed by atoms with van der Waals surface area (Å²) >= 11 is 1.53. The molecule has 244 valence electrons. The lowest BCUT2D eigenvalue weighted by molar-refractivity contribution is -0.295. The highest BCUT2D eigenvalue weighted by Crippen LogP contribution is 2.49. The standard InChI is InChI=1S/C36H41NO8S/c1-23-7-12-26(13-8-23)37-31(24-9-14-27(15-10-24)40-18-30(38)45-34(2,3)4)32(33(37)39)46-21-36(43-19-35(5,6)20-44-36)25-11-16-28-29(17-25)42-22-41-28/h7-17,31-32H,18-22H2,1-6H3. The molecule has 3 aliphatic rings. The number of anilines is 1.